The average molecular weight is 847 g/mol. The summed E-state index contributed by atoms with van der Waals surface area (Å²) in [6.07, 6.45) is -13.5. The summed E-state index contributed by atoms with van der Waals surface area (Å²) in [7, 11) is 0. The molecule has 5 aromatic rings. The highest BCUT2D eigenvalue weighted by atomic mass is 16.6. The third-order valence-electron chi connectivity index (χ3n) is 10.8. The van der Waals surface area contributed by atoms with Crippen LogP contribution in [0.25, 0.3) is 33.9 Å². The second-order valence-electron chi connectivity index (χ2n) is 14.8. The number of benzene rings is 4. The molecular weight excluding hydrogens is 804 g/mol. The number of phenols is 3. The summed E-state index contributed by atoms with van der Waals surface area (Å²) in [5, 5.41) is 121. The molecule has 0 unspecified atom stereocenters. The van der Waals surface area contributed by atoms with Gasteiger partial charge in [-0.05, 0) is 55.0 Å². The van der Waals surface area contributed by atoms with E-state index in [-0.39, 0.29) is 50.7 Å². The standard InChI is InChI=1S/C22H22O9.C21H20O9/c1-9-2-4-10(5-3-9)20-18(28)15(25)11-6-7-12(24)14(21(11)31-20)22-19(29)17(27)16(26)13(8-23)30-22;22-8-14-16(25)17(26)18(27)20(29-14)15-13(24)6-5-11-12(21(28)30-19(11)15)7-9-1-3-10(23)4-2-9/h2-7,13,16-17,19,22-24,26-29H,8H2,1H3;1-7,14,16-18,20,22-27H,8H2/b;12-7+/t13-,16-,17+,19-,22+;14-,16-,17+,18-,20+/m11/s1. The Kier molecular flexibility index (Phi) is 12.2. The van der Waals surface area contributed by atoms with Gasteiger partial charge in [0.05, 0.1) is 35.3 Å². The fourth-order valence-electron chi connectivity index (χ4n) is 7.43. The summed E-state index contributed by atoms with van der Waals surface area (Å²) in [6.45, 7) is 0.574. The smallest absolute Gasteiger partial charge is 0.344 e. The number of phenolic OH excluding ortho intramolecular Hbond substituents is 3. The predicted molar refractivity (Wildman–Crippen MR) is 211 cm³/mol. The van der Waals surface area contributed by atoms with Crippen LogP contribution >= 0.6 is 0 Å². The van der Waals surface area contributed by atoms with Crippen molar-refractivity contribution in [2.24, 2.45) is 0 Å². The Hall–Kier alpha value is -5.90. The van der Waals surface area contributed by atoms with E-state index in [9.17, 15) is 70.9 Å². The van der Waals surface area contributed by atoms with Crippen LogP contribution in [0.15, 0.2) is 82.0 Å². The fourth-order valence-corrected chi connectivity index (χ4v) is 7.43. The maximum absolute atomic E-state index is 12.8. The molecule has 8 rings (SSSR count). The van der Waals surface area contributed by atoms with Crippen molar-refractivity contribution in [3.8, 4) is 40.1 Å². The number of aliphatic hydroxyl groups excluding tert-OH is 8. The normalized spacial score (nSPS) is 28.0. The Morgan fingerprint density at radius 1 is 0.623 bits per heavy atom. The van der Waals surface area contributed by atoms with E-state index in [0.717, 1.165) is 5.56 Å². The van der Waals surface area contributed by atoms with E-state index in [1.807, 2.05) is 6.92 Å². The van der Waals surface area contributed by atoms with Gasteiger partial charge < -0.3 is 79.9 Å². The molecule has 2 fully saturated rings. The van der Waals surface area contributed by atoms with Gasteiger partial charge in [-0.2, -0.15) is 0 Å². The molecule has 3 aliphatic heterocycles. The van der Waals surface area contributed by atoms with Gasteiger partial charge in [-0.25, -0.2) is 4.79 Å². The van der Waals surface area contributed by atoms with Crippen LogP contribution in [-0.4, -0.2) is 129 Å². The molecule has 18 nitrogen and oxygen atoms in total. The molecule has 0 radical (unpaired) electrons. The number of carbonyl (C=O) groups is 1. The number of aromatic hydroxyl groups is 4. The molecule has 322 valence electrons. The van der Waals surface area contributed by atoms with Crippen LogP contribution in [0, 0.1) is 6.92 Å². The third kappa shape index (κ3) is 7.93. The molecule has 0 amide bonds. The molecule has 2 saturated heterocycles. The molecule has 0 bridgehead atoms. The number of rotatable bonds is 6. The van der Waals surface area contributed by atoms with E-state index in [1.165, 1.54) is 36.4 Å². The van der Waals surface area contributed by atoms with E-state index in [2.05, 4.69) is 0 Å². The summed E-state index contributed by atoms with van der Waals surface area (Å²) in [6, 6.07) is 18.1. The molecule has 0 aliphatic carbocycles. The van der Waals surface area contributed by atoms with E-state index >= 15 is 0 Å². The molecule has 61 heavy (non-hydrogen) atoms. The highest BCUT2D eigenvalue weighted by Crippen LogP contribution is 2.48. The van der Waals surface area contributed by atoms with Crippen LogP contribution in [0.1, 0.15) is 40.0 Å². The van der Waals surface area contributed by atoms with Crippen LogP contribution in [0.2, 0.25) is 0 Å². The molecule has 10 atom stereocenters. The first-order chi connectivity index (χ1) is 29.1. The lowest BCUT2D eigenvalue weighted by Gasteiger charge is -2.40. The van der Waals surface area contributed by atoms with Crippen molar-refractivity contribution in [1.82, 2.24) is 0 Å². The number of aryl methyl sites for hydroxylation is 1. The van der Waals surface area contributed by atoms with Gasteiger partial charge in [0.2, 0.25) is 11.2 Å². The minimum absolute atomic E-state index is 0.0469. The Labute approximate surface area is 344 Å². The largest absolute Gasteiger partial charge is 0.508 e. The number of ether oxygens (including phenoxy) is 3. The lowest BCUT2D eigenvalue weighted by atomic mass is 9.89. The monoisotopic (exact) mass is 846 g/mol. The van der Waals surface area contributed by atoms with Gasteiger partial charge in [0.15, 0.2) is 5.76 Å². The van der Waals surface area contributed by atoms with Gasteiger partial charge in [-0.15, -0.1) is 0 Å². The van der Waals surface area contributed by atoms with Crippen molar-refractivity contribution in [3.63, 3.8) is 0 Å². The van der Waals surface area contributed by atoms with Gasteiger partial charge >= 0.3 is 5.97 Å². The maximum atomic E-state index is 12.8. The first-order valence-corrected chi connectivity index (χ1v) is 18.8. The summed E-state index contributed by atoms with van der Waals surface area (Å²) in [5.74, 6) is -2.20. The van der Waals surface area contributed by atoms with Gasteiger partial charge in [-0.3, -0.25) is 4.79 Å². The Morgan fingerprint density at radius 2 is 1.16 bits per heavy atom. The zero-order chi connectivity index (χ0) is 44.0. The van der Waals surface area contributed by atoms with Crippen molar-refractivity contribution < 1.29 is 84.7 Å². The number of hydrogen-bond donors (Lipinski definition) is 12. The molecular formula is C43H42O18. The quantitative estimate of drug-likeness (QED) is 0.0638. The first kappa shape index (κ1) is 43.2. The molecule has 1 aromatic heterocycles. The molecule has 4 heterocycles. The molecule has 0 spiro atoms. The van der Waals surface area contributed by atoms with E-state index < -0.39 is 97.2 Å². The van der Waals surface area contributed by atoms with Crippen LogP contribution < -0.4 is 10.2 Å². The van der Waals surface area contributed by atoms with Gasteiger partial charge in [0, 0.05) is 11.1 Å². The number of fused-ring (bicyclic) bond motifs is 2. The number of aliphatic hydroxyl groups is 8. The van der Waals surface area contributed by atoms with E-state index in [1.54, 1.807) is 42.5 Å². The first-order valence-electron chi connectivity index (χ1n) is 18.8. The van der Waals surface area contributed by atoms with Crippen LogP contribution in [0.3, 0.4) is 0 Å². The Morgan fingerprint density at radius 3 is 1.74 bits per heavy atom. The minimum atomic E-state index is -1.70. The number of esters is 1. The zero-order valence-electron chi connectivity index (χ0n) is 32.0. The minimum Gasteiger partial charge on any atom is -0.508 e. The van der Waals surface area contributed by atoms with Crippen LogP contribution in [-0.2, 0) is 14.3 Å². The van der Waals surface area contributed by atoms with Gasteiger partial charge in [-0.1, -0.05) is 42.0 Å². The Balaban J connectivity index is 0.000000184. The van der Waals surface area contributed by atoms with Crippen molar-refractivity contribution in [2.75, 3.05) is 13.2 Å². The highest BCUT2D eigenvalue weighted by molar-refractivity contribution is 6.26. The molecule has 4 aromatic carbocycles. The van der Waals surface area contributed by atoms with E-state index in [4.69, 9.17) is 18.6 Å². The summed E-state index contributed by atoms with van der Waals surface area (Å²) >= 11 is 0. The van der Waals surface area contributed by atoms with Gasteiger partial charge in [0.25, 0.3) is 0 Å². The molecule has 0 saturated carbocycles. The molecule has 3 aliphatic rings. The van der Waals surface area contributed by atoms with Crippen molar-refractivity contribution in [2.45, 2.75) is 68.0 Å². The lowest BCUT2D eigenvalue weighted by Crippen LogP contribution is -2.55. The zero-order valence-corrected chi connectivity index (χ0v) is 32.0. The second kappa shape index (κ2) is 17.2. The van der Waals surface area contributed by atoms with E-state index in [0.29, 0.717) is 16.7 Å². The summed E-state index contributed by atoms with van der Waals surface area (Å²) < 4.78 is 22.2. The maximum Gasteiger partial charge on any atom is 0.344 e. The number of hydrogen-bond acceptors (Lipinski definition) is 18. The summed E-state index contributed by atoms with van der Waals surface area (Å²) in [5.41, 5.74) is 1.34. The lowest BCUT2D eigenvalue weighted by molar-refractivity contribution is -0.232. The fraction of sp³-hybridized carbons (Fsp3) is 0.302. The average Bonchev–Trinajstić information content (AvgIpc) is 3.56. The highest BCUT2D eigenvalue weighted by Gasteiger charge is 2.48. The number of carbonyl (C=O) groups excluding carboxylic acids is 1. The topological polar surface area (TPSA) is 318 Å². The molecule has 18 heteroatoms. The van der Waals surface area contributed by atoms with Crippen molar-refractivity contribution >= 4 is 28.6 Å². The summed E-state index contributed by atoms with van der Waals surface area (Å²) in [4.78, 5) is 25.3. The molecule has 12 N–H and O–H groups in total. The van der Waals surface area contributed by atoms with Crippen LogP contribution in [0.5, 0.6) is 28.7 Å². The predicted octanol–water partition coefficient (Wildman–Crippen LogP) is 0.767. The SMILES string of the molecule is Cc1ccc(-c2oc3c([C@@H]4O[C@H](CO)[C@@H](O)[C@H](O)[C@H]4O)c(O)ccc3c(=O)c2O)cc1.O=C1Oc2c(ccc(O)c2[C@@H]2O[C@H](CO)[C@@H](O)[C@H](O)[C@H]2O)/C1=C\c1ccc(O)cc1. The third-order valence-corrected chi connectivity index (χ3v) is 10.8. The Bertz CT molecular complexity index is 2510. The van der Waals surface area contributed by atoms with Gasteiger partial charge in [0.1, 0.15) is 89.6 Å². The van der Waals surface area contributed by atoms with Crippen LogP contribution in [0.4, 0.5) is 0 Å². The van der Waals surface area contributed by atoms with Crippen molar-refractivity contribution in [1.29, 1.82) is 0 Å². The second-order valence-corrected chi connectivity index (χ2v) is 14.8. The van der Waals surface area contributed by atoms with Crippen molar-refractivity contribution in [3.05, 3.63) is 111 Å².